The van der Waals surface area contributed by atoms with E-state index >= 15 is 0 Å². The first-order valence-corrected chi connectivity index (χ1v) is 9.77. The number of anilines is 1. The third-order valence-corrected chi connectivity index (χ3v) is 4.75. The van der Waals surface area contributed by atoms with Gasteiger partial charge in [-0.3, -0.25) is 9.79 Å². The van der Waals surface area contributed by atoms with Crippen molar-refractivity contribution < 1.29 is 4.79 Å². The molecular weight excluding hydrogens is 358 g/mol. The zero-order valence-corrected chi connectivity index (χ0v) is 16.1. The fraction of sp³-hybridized carbons (Fsp3) is 0.120. The molecule has 0 bridgehead atoms. The van der Waals surface area contributed by atoms with Crippen LogP contribution in [0.15, 0.2) is 89.9 Å². The van der Waals surface area contributed by atoms with Gasteiger partial charge in [0.25, 0.3) is 0 Å². The van der Waals surface area contributed by atoms with Gasteiger partial charge < -0.3 is 10.6 Å². The molecule has 0 saturated heterocycles. The molecule has 29 heavy (non-hydrogen) atoms. The van der Waals surface area contributed by atoms with Crippen molar-refractivity contribution >= 4 is 23.5 Å². The zero-order valence-electron chi connectivity index (χ0n) is 16.1. The quantitative estimate of drug-likeness (QED) is 0.658. The maximum absolute atomic E-state index is 12.4. The molecule has 0 spiro atoms. The summed E-state index contributed by atoms with van der Waals surface area (Å²) in [5, 5.41) is 6.17. The maximum Gasteiger partial charge on any atom is 0.228 e. The second kappa shape index (κ2) is 9.02. The van der Waals surface area contributed by atoms with Gasteiger partial charge in [-0.25, -0.2) is 0 Å². The van der Waals surface area contributed by atoms with Gasteiger partial charge in [0.15, 0.2) is 0 Å². The van der Waals surface area contributed by atoms with Gasteiger partial charge in [0.05, 0.1) is 13.0 Å². The molecule has 4 heteroatoms. The minimum absolute atomic E-state index is 0.0229. The number of nitrogens with one attached hydrogen (secondary N) is 2. The number of carbonyl (C=O) groups excluding carboxylic acids is 1. The van der Waals surface area contributed by atoms with Crippen molar-refractivity contribution in [1.82, 2.24) is 5.32 Å². The summed E-state index contributed by atoms with van der Waals surface area (Å²) < 4.78 is 0. The molecule has 0 fully saturated rings. The van der Waals surface area contributed by atoms with Gasteiger partial charge in [-0.2, -0.15) is 0 Å². The minimum atomic E-state index is -0.0229. The van der Waals surface area contributed by atoms with Crippen LogP contribution in [0.25, 0.3) is 17.2 Å². The Labute approximate surface area is 171 Å². The van der Waals surface area contributed by atoms with Gasteiger partial charge >= 0.3 is 0 Å². The topological polar surface area (TPSA) is 53.5 Å². The number of nitrogens with zero attached hydrogens (tertiary/aromatic N) is 1. The smallest absolute Gasteiger partial charge is 0.228 e. The van der Waals surface area contributed by atoms with Crippen molar-refractivity contribution in [2.24, 2.45) is 4.99 Å². The van der Waals surface area contributed by atoms with Crippen LogP contribution < -0.4 is 10.6 Å². The van der Waals surface area contributed by atoms with E-state index in [-0.39, 0.29) is 5.91 Å². The van der Waals surface area contributed by atoms with Crippen molar-refractivity contribution in [3.8, 4) is 11.1 Å². The van der Waals surface area contributed by atoms with E-state index in [0.29, 0.717) is 6.42 Å². The maximum atomic E-state index is 12.4. The number of hydrogen-bond donors (Lipinski definition) is 2. The van der Waals surface area contributed by atoms with Crippen LogP contribution in [0.5, 0.6) is 0 Å². The van der Waals surface area contributed by atoms with E-state index in [9.17, 15) is 4.79 Å². The molecule has 0 unspecified atom stereocenters. The average Bonchev–Trinajstić information content (AvgIpc) is 3.28. The van der Waals surface area contributed by atoms with Crippen molar-refractivity contribution in [3.63, 3.8) is 0 Å². The molecule has 3 aromatic rings. The monoisotopic (exact) mass is 381 g/mol. The molecule has 1 aliphatic heterocycles. The van der Waals surface area contributed by atoms with Crippen molar-refractivity contribution in [1.29, 1.82) is 0 Å². The number of hydrogen-bond acceptors (Lipinski definition) is 3. The molecule has 144 valence electrons. The fourth-order valence-electron chi connectivity index (χ4n) is 3.22. The lowest BCUT2D eigenvalue weighted by Gasteiger charge is -2.07. The Hall–Kier alpha value is -3.66. The Balaban J connectivity index is 1.32. The number of amides is 1. The van der Waals surface area contributed by atoms with Gasteiger partial charge in [0, 0.05) is 12.2 Å². The summed E-state index contributed by atoms with van der Waals surface area (Å²) in [4.78, 5) is 16.7. The summed E-state index contributed by atoms with van der Waals surface area (Å²) in [5.41, 5.74) is 5.18. The summed E-state index contributed by atoms with van der Waals surface area (Å²) in [7, 11) is 0. The highest BCUT2D eigenvalue weighted by Crippen LogP contribution is 2.19. The Morgan fingerprint density at radius 3 is 2.31 bits per heavy atom. The number of aliphatic imine (C=N–C) groups is 1. The van der Waals surface area contributed by atoms with Crippen LogP contribution in [0.2, 0.25) is 0 Å². The van der Waals surface area contributed by atoms with Crippen LogP contribution in [0.4, 0.5) is 5.69 Å². The third-order valence-electron chi connectivity index (χ3n) is 4.75. The van der Waals surface area contributed by atoms with Crippen molar-refractivity contribution in [2.45, 2.75) is 6.42 Å². The molecule has 4 nitrogen and oxygen atoms in total. The first-order valence-electron chi connectivity index (χ1n) is 9.77. The molecule has 0 aliphatic carbocycles. The van der Waals surface area contributed by atoms with E-state index in [1.165, 1.54) is 5.56 Å². The van der Waals surface area contributed by atoms with Gasteiger partial charge in [-0.05, 0) is 40.5 Å². The lowest BCUT2D eigenvalue weighted by molar-refractivity contribution is -0.115. The van der Waals surface area contributed by atoms with Crippen molar-refractivity contribution in [2.75, 3.05) is 18.4 Å². The van der Waals surface area contributed by atoms with Gasteiger partial charge in [0.1, 0.15) is 5.84 Å². The minimum Gasteiger partial charge on any atom is -0.369 e. The first-order chi connectivity index (χ1) is 14.3. The Morgan fingerprint density at radius 1 is 0.897 bits per heavy atom. The lowest BCUT2D eigenvalue weighted by Crippen LogP contribution is -2.15. The van der Waals surface area contributed by atoms with Crippen LogP contribution in [-0.4, -0.2) is 24.8 Å². The molecule has 0 atom stereocenters. The van der Waals surface area contributed by atoms with E-state index in [4.69, 9.17) is 0 Å². The molecule has 2 N–H and O–H groups in total. The molecule has 0 aromatic heterocycles. The number of benzene rings is 3. The second-order valence-electron chi connectivity index (χ2n) is 6.94. The van der Waals surface area contributed by atoms with E-state index in [2.05, 4.69) is 39.9 Å². The Kier molecular flexibility index (Phi) is 5.81. The number of carbonyl (C=O) groups is 1. The molecule has 0 radical (unpaired) electrons. The van der Waals surface area contributed by atoms with Crippen LogP contribution in [0.1, 0.15) is 11.1 Å². The predicted molar refractivity (Wildman–Crippen MR) is 120 cm³/mol. The molecule has 1 amide bonds. The van der Waals surface area contributed by atoms with Gasteiger partial charge in [-0.15, -0.1) is 0 Å². The third kappa shape index (κ3) is 5.20. The second-order valence-corrected chi connectivity index (χ2v) is 6.94. The largest absolute Gasteiger partial charge is 0.369 e. The molecule has 1 aliphatic rings. The highest BCUT2D eigenvalue weighted by molar-refractivity contribution is 5.97. The van der Waals surface area contributed by atoms with E-state index in [1.807, 2.05) is 66.7 Å². The summed E-state index contributed by atoms with van der Waals surface area (Å²) in [6.07, 6.45) is 4.33. The summed E-state index contributed by atoms with van der Waals surface area (Å²) in [5.74, 6) is 0.894. The number of amidine groups is 1. The molecule has 0 saturated carbocycles. The number of rotatable bonds is 6. The summed E-state index contributed by atoms with van der Waals surface area (Å²) >= 11 is 0. The zero-order chi connectivity index (χ0) is 19.9. The fourth-order valence-corrected chi connectivity index (χ4v) is 3.22. The Morgan fingerprint density at radius 2 is 1.62 bits per heavy atom. The van der Waals surface area contributed by atoms with Crippen LogP contribution in [0.3, 0.4) is 0 Å². The lowest BCUT2D eigenvalue weighted by atomic mass is 10.0. The van der Waals surface area contributed by atoms with Crippen LogP contribution >= 0.6 is 0 Å². The molecule has 4 rings (SSSR count). The van der Waals surface area contributed by atoms with Crippen LogP contribution in [-0.2, 0) is 11.2 Å². The summed E-state index contributed by atoms with van der Waals surface area (Å²) in [6.45, 7) is 1.74. The van der Waals surface area contributed by atoms with Gasteiger partial charge in [-0.1, -0.05) is 72.8 Å². The molecule has 3 aromatic carbocycles. The average molecular weight is 381 g/mol. The molecule has 1 heterocycles. The highest BCUT2D eigenvalue weighted by Gasteiger charge is 2.05. The van der Waals surface area contributed by atoms with Crippen LogP contribution in [0, 0.1) is 0 Å². The summed E-state index contributed by atoms with van der Waals surface area (Å²) in [6, 6.07) is 26.2. The molecular formula is C25H23N3O. The van der Waals surface area contributed by atoms with E-state index in [1.54, 1.807) is 0 Å². The van der Waals surface area contributed by atoms with Crippen molar-refractivity contribution in [3.05, 3.63) is 96.1 Å². The van der Waals surface area contributed by atoms with E-state index < -0.39 is 0 Å². The van der Waals surface area contributed by atoms with Gasteiger partial charge in [0.2, 0.25) is 5.91 Å². The predicted octanol–water partition coefficient (Wildman–Crippen LogP) is 4.55. The highest BCUT2D eigenvalue weighted by atomic mass is 16.1. The van der Waals surface area contributed by atoms with E-state index in [0.717, 1.165) is 41.3 Å². The Bertz CT molecular complexity index is 1020. The first kappa shape index (κ1) is 18.7. The normalized spacial score (nSPS) is 13.2. The SMILES string of the molecule is O=C(Cc1ccc(-c2ccccc2)cc1)Nc1ccc(/C=C/C2=NCCN2)cc1. The standard InChI is InChI=1S/C25H23N3O/c29-25(18-20-6-11-22(12-7-20)21-4-2-1-3-5-21)28-23-13-8-19(9-14-23)10-15-24-26-16-17-27-24/h1-15H,16-18H2,(H,26,27)(H,28,29)/b15-10+.